The summed E-state index contributed by atoms with van der Waals surface area (Å²) in [6.07, 6.45) is 0. The summed E-state index contributed by atoms with van der Waals surface area (Å²) in [5.41, 5.74) is 4.00. The van der Waals surface area contributed by atoms with Crippen molar-refractivity contribution in [1.29, 1.82) is 0 Å². The number of thioether (sulfide) groups is 1. The number of nitrogens with zero attached hydrogens (tertiary/aromatic N) is 4. The number of benzene rings is 2. The topological polar surface area (TPSA) is 97.3 Å². The lowest BCUT2D eigenvalue weighted by Crippen LogP contribution is -2.50. The number of hydrogen-bond donors (Lipinski definition) is 1. The quantitative estimate of drug-likeness (QED) is 0.150. The molecule has 0 radical (unpaired) electrons. The average molecular weight is 610 g/mol. The third-order valence-corrected chi connectivity index (χ3v) is 8.12. The summed E-state index contributed by atoms with van der Waals surface area (Å²) in [4.78, 5) is 42.8. The first kappa shape index (κ1) is 30.5. The van der Waals surface area contributed by atoms with Crippen LogP contribution in [0.1, 0.15) is 30.2 Å². The van der Waals surface area contributed by atoms with Crippen molar-refractivity contribution in [3.8, 4) is 17.0 Å². The van der Waals surface area contributed by atoms with E-state index in [1.165, 1.54) is 23.1 Å². The van der Waals surface area contributed by atoms with Crippen LogP contribution in [0.15, 0.2) is 65.1 Å². The molecule has 0 saturated heterocycles. The van der Waals surface area contributed by atoms with E-state index in [4.69, 9.17) is 21.3 Å². The first-order valence-corrected chi connectivity index (χ1v) is 15.3. The zero-order valence-corrected chi connectivity index (χ0v) is 25.9. The van der Waals surface area contributed by atoms with Crippen molar-refractivity contribution in [3.63, 3.8) is 0 Å². The number of halogens is 1. The Morgan fingerprint density at radius 1 is 1.02 bits per heavy atom. The number of anilines is 1. The molecule has 0 saturated carbocycles. The molecule has 2 heterocycles. The van der Waals surface area contributed by atoms with Crippen molar-refractivity contribution < 1.29 is 14.3 Å². The Morgan fingerprint density at radius 2 is 1.68 bits per heavy atom. The fourth-order valence-corrected chi connectivity index (χ4v) is 6.05. The smallest absolute Gasteiger partial charge is 0.247 e. The van der Waals surface area contributed by atoms with Gasteiger partial charge in [-0.25, -0.2) is 15.0 Å². The van der Waals surface area contributed by atoms with E-state index in [2.05, 4.69) is 15.3 Å². The predicted octanol–water partition coefficient (Wildman–Crippen LogP) is 6.66. The van der Waals surface area contributed by atoms with Crippen LogP contribution in [0.4, 0.5) is 5.69 Å². The maximum atomic E-state index is 13.8. The molecule has 0 aliphatic rings. The van der Waals surface area contributed by atoms with Crippen molar-refractivity contribution in [1.82, 2.24) is 19.9 Å². The maximum absolute atomic E-state index is 13.8. The van der Waals surface area contributed by atoms with Gasteiger partial charge in [0.05, 0.1) is 25.1 Å². The first-order chi connectivity index (χ1) is 19.6. The minimum atomic E-state index is -0.742. The lowest BCUT2D eigenvalue weighted by atomic mass is 10.0. The molecule has 1 atom stereocenters. The highest BCUT2D eigenvalue weighted by Crippen LogP contribution is 2.27. The lowest BCUT2D eigenvalue weighted by Gasteiger charge is -2.33. The van der Waals surface area contributed by atoms with Crippen LogP contribution in [-0.2, 0) is 16.1 Å². The number of aromatic nitrogens is 3. The van der Waals surface area contributed by atoms with Gasteiger partial charge in [0.2, 0.25) is 11.8 Å². The highest BCUT2D eigenvalue weighted by atomic mass is 35.5. The summed E-state index contributed by atoms with van der Waals surface area (Å²) in [5, 5.41) is 6.81. The fraction of sp³-hybridized carbons (Fsp3) is 0.300. The van der Waals surface area contributed by atoms with Crippen LogP contribution in [0.2, 0.25) is 5.02 Å². The van der Waals surface area contributed by atoms with Crippen LogP contribution in [-0.4, -0.2) is 50.6 Å². The van der Waals surface area contributed by atoms with Gasteiger partial charge in [-0.05, 0) is 62.2 Å². The van der Waals surface area contributed by atoms with Crippen LogP contribution >= 0.6 is 34.7 Å². The van der Waals surface area contributed by atoms with Gasteiger partial charge in [0.15, 0.2) is 5.16 Å². The van der Waals surface area contributed by atoms with Crippen LogP contribution in [0.5, 0.6) is 5.75 Å². The highest BCUT2D eigenvalue weighted by molar-refractivity contribution is 7.99. The van der Waals surface area contributed by atoms with E-state index in [9.17, 15) is 9.59 Å². The number of amides is 2. The normalized spacial score (nSPS) is 11.8. The Hall–Kier alpha value is -3.47. The second-order valence-electron chi connectivity index (χ2n) is 9.78. The van der Waals surface area contributed by atoms with Gasteiger partial charge in [-0.1, -0.05) is 49.3 Å². The van der Waals surface area contributed by atoms with Gasteiger partial charge in [-0.2, -0.15) is 0 Å². The predicted molar refractivity (Wildman–Crippen MR) is 166 cm³/mol. The number of carbonyl (C=O) groups excluding carboxylic acids is 2. The molecule has 41 heavy (non-hydrogen) atoms. The van der Waals surface area contributed by atoms with E-state index in [0.717, 1.165) is 27.7 Å². The number of rotatable bonds is 11. The van der Waals surface area contributed by atoms with E-state index < -0.39 is 6.04 Å². The third kappa shape index (κ3) is 8.28. The molecule has 2 amide bonds. The molecule has 0 spiro atoms. The first-order valence-electron chi connectivity index (χ1n) is 13.0. The Balaban J connectivity index is 1.60. The van der Waals surface area contributed by atoms with Gasteiger partial charge in [0.1, 0.15) is 16.8 Å². The number of nitrogens with one attached hydrogen (secondary N) is 1. The monoisotopic (exact) mass is 609 g/mol. The summed E-state index contributed by atoms with van der Waals surface area (Å²) in [6.45, 7) is 7.83. The van der Waals surface area contributed by atoms with Gasteiger partial charge in [0, 0.05) is 33.0 Å². The second kappa shape index (κ2) is 13.9. The molecule has 11 heteroatoms. The SMILES string of the molecule is COc1ccc(NC(=O)C(C(C)C)N(Cc2nc(-c3ccc(Cl)cc3)cs2)C(=O)CSc2nc(C)cc(C)n2)cc1. The Labute approximate surface area is 253 Å². The number of methoxy groups -OCH3 is 1. The Bertz CT molecular complexity index is 1470. The number of thiazole rings is 1. The van der Waals surface area contributed by atoms with Crippen LogP contribution in [0.25, 0.3) is 11.3 Å². The van der Waals surface area contributed by atoms with Crippen molar-refractivity contribution >= 4 is 52.2 Å². The summed E-state index contributed by atoms with van der Waals surface area (Å²) in [5.74, 6) is 0.115. The highest BCUT2D eigenvalue weighted by Gasteiger charge is 2.33. The minimum Gasteiger partial charge on any atom is -0.497 e. The average Bonchev–Trinajstić information content (AvgIpc) is 3.40. The van der Waals surface area contributed by atoms with E-state index in [1.807, 2.05) is 63.4 Å². The Kier molecular flexibility index (Phi) is 10.4. The van der Waals surface area contributed by atoms with E-state index in [0.29, 0.717) is 21.6 Å². The van der Waals surface area contributed by atoms with Gasteiger partial charge in [0.25, 0.3) is 0 Å². The molecule has 0 fully saturated rings. The van der Waals surface area contributed by atoms with Gasteiger partial charge in [-0.3, -0.25) is 9.59 Å². The molecule has 0 aliphatic heterocycles. The zero-order chi connectivity index (χ0) is 29.5. The molecule has 4 aromatic rings. The lowest BCUT2D eigenvalue weighted by molar-refractivity contribution is -0.138. The summed E-state index contributed by atoms with van der Waals surface area (Å²) in [6, 6.07) is 15.7. The molecular formula is C30H32ClN5O3S2. The van der Waals surface area contributed by atoms with Crippen molar-refractivity contribution in [3.05, 3.63) is 81.4 Å². The second-order valence-corrected chi connectivity index (χ2v) is 12.1. The molecule has 1 unspecified atom stereocenters. The van der Waals surface area contributed by atoms with Crippen molar-refractivity contribution in [2.24, 2.45) is 5.92 Å². The molecule has 214 valence electrons. The summed E-state index contributed by atoms with van der Waals surface area (Å²) >= 11 is 8.76. The van der Waals surface area contributed by atoms with Crippen LogP contribution < -0.4 is 10.1 Å². The number of carbonyl (C=O) groups is 2. The van der Waals surface area contributed by atoms with E-state index >= 15 is 0 Å². The van der Waals surface area contributed by atoms with Crippen molar-refractivity contribution in [2.75, 3.05) is 18.2 Å². The maximum Gasteiger partial charge on any atom is 0.247 e. The largest absolute Gasteiger partial charge is 0.497 e. The van der Waals surface area contributed by atoms with Gasteiger partial charge < -0.3 is 15.0 Å². The fourth-order valence-electron chi connectivity index (χ4n) is 4.29. The van der Waals surface area contributed by atoms with Gasteiger partial charge in [-0.15, -0.1) is 11.3 Å². The molecular weight excluding hydrogens is 578 g/mol. The molecule has 2 aromatic carbocycles. The van der Waals surface area contributed by atoms with Crippen molar-refractivity contribution in [2.45, 2.75) is 45.4 Å². The van der Waals surface area contributed by atoms with Crippen LogP contribution in [0, 0.1) is 19.8 Å². The molecule has 0 aliphatic carbocycles. The van der Waals surface area contributed by atoms with E-state index in [1.54, 1.807) is 36.3 Å². The Morgan fingerprint density at radius 3 is 2.29 bits per heavy atom. The van der Waals surface area contributed by atoms with E-state index in [-0.39, 0.29) is 30.0 Å². The zero-order valence-electron chi connectivity index (χ0n) is 23.6. The number of hydrogen-bond acceptors (Lipinski definition) is 8. The summed E-state index contributed by atoms with van der Waals surface area (Å²) < 4.78 is 5.22. The third-order valence-electron chi connectivity index (χ3n) is 6.20. The molecule has 1 N–H and O–H groups in total. The van der Waals surface area contributed by atoms with Crippen LogP contribution in [0.3, 0.4) is 0 Å². The van der Waals surface area contributed by atoms with Gasteiger partial charge >= 0.3 is 0 Å². The standard InChI is InChI=1S/C30H32ClN5O3S2/c1-18(2)28(29(38)34-23-10-12-24(39-5)13-11-23)36(27(37)17-41-30-32-19(3)14-20(4)33-30)15-26-35-25(16-40-26)21-6-8-22(31)9-7-21/h6-14,16,18,28H,15,17H2,1-5H3,(H,34,38). The summed E-state index contributed by atoms with van der Waals surface area (Å²) in [7, 11) is 1.59. The molecule has 0 bridgehead atoms. The number of aryl methyl sites for hydroxylation is 2. The minimum absolute atomic E-state index is 0.0807. The number of ether oxygens (including phenoxy) is 1. The molecule has 4 rings (SSSR count). The molecule has 2 aromatic heterocycles. The molecule has 8 nitrogen and oxygen atoms in total.